The van der Waals surface area contributed by atoms with E-state index in [-0.39, 0.29) is 0 Å². The zero-order chi connectivity index (χ0) is 19.5. The van der Waals surface area contributed by atoms with Gasteiger partial charge in [0.05, 0.1) is 18.3 Å². The third-order valence-electron chi connectivity index (χ3n) is 5.80. The number of oxazole rings is 1. The summed E-state index contributed by atoms with van der Waals surface area (Å²) < 4.78 is 8.28. The van der Waals surface area contributed by atoms with Crippen LogP contribution in [0.5, 0.6) is 0 Å². The Hall–Kier alpha value is -2.63. The highest BCUT2D eigenvalue weighted by Crippen LogP contribution is 2.29. The van der Waals surface area contributed by atoms with E-state index < -0.39 is 0 Å². The molecule has 0 bridgehead atoms. The monoisotopic (exact) mass is 379 g/mol. The van der Waals surface area contributed by atoms with E-state index in [0.29, 0.717) is 18.2 Å². The Morgan fingerprint density at radius 3 is 2.93 bits per heavy atom. The van der Waals surface area contributed by atoms with Crippen molar-refractivity contribution in [2.75, 3.05) is 6.54 Å². The molecule has 2 aliphatic rings. The summed E-state index contributed by atoms with van der Waals surface area (Å²) in [6.45, 7) is 10.8. The summed E-state index contributed by atoms with van der Waals surface area (Å²) in [6.07, 6.45) is 13.8. The average molecular weight is 380 g/mol. The van der Waals surface area contributed by atoms with Gasteiger partial charge in [-0.1, -0.05) is 25.5 Å². The first-order chi connectivity index (χ1) is 13.6. The van der Waals surface area contributed by atoms with Crippen LogP contribution in [0.4, 0.5) is 0 Å². The summed E-state index contributed by atoms with van der Waals surface area (Å²) in [5.74, 6) is 4.13. The molecule has 2 aromatic rings. The van der Waals surface area contributed by atoms with E-state index in [1.165, 1.54) is 25.7 Å². The molecule has 0 N–H and O–H groups in total. The summed E-state index contributed by atoms with van der Waals surface area (Å²) in [5, 5.41) is 0. The van der Waals surface area contributed by atoms with Crippen LogP contribution in [0.2, 0.25) is 0 Å². The summed E-state index contributed by atoms with van der Waals surface area (Å²) in [5.41, 5.74) is 1.74. The first-order valence-electron chi connectivity index (χ1n) is 10.2. The van der Waals surface area contributed by atoms with Gasteiger partial charge >= 0.3 is 0 Å². The molecule has 0 amide bonds. The number of amidine groups is 1. The molecule has 0 spiro atoms. The molecule has 4 rings (SSSR count). The van der Waals surface area contributed by atoms with Crippen molar-refractivity contribution < 1.29 is 4.42 Å². The van der Waals surface area contributed by atoms with E-state index in [1.807, 2.05) is 32.3 Å². The fourth-order valence-corrected chi connectivity index (χ4v) is 4.03. The van der Waals surface area contributed by atoms with E-state index in [1.54, 1.807) is 6.20 Å². The van der Waals surface area contributed by atoms with Crippen molar-refractivity contribution in [1.82, 2.24) is 19.4 Å². The quantitative estimate of drug-likeness (QED) is 0.569. The van der Waals surface area contributed by atoms with Crippen LogP contribution < -0.4 is 0 Å². The second-order valence-electron chi connectivity index (χ2n) is 7.78. The van der Waals surface area contributed by atoms with Crippen molar-refractivity contribution in [2.45, 2.75) is 59.0 Å². The molecule has 1 aliphatic carbocycles. The summed E-state index contributed by atoms with van der Waals surface area (Å²) in [7, 11) is 0. The fourth-order valence-electron chi connectivity index (χ4n) is 4.03. The second kappa shape index (κ2) is 8.17. The largest absolute Gasteiger partial charge is 0.441 e. The number of imidazole rings is 1. The second-order valence-corrected chi connectivity index (χ2v) is 7.78. The van der Waals surface area contributed by atoms with Crippen molar-refractivity contribution in [3.63, 3.8) is 0 Å². The van der Waals surface area contributed by atoms with Gasteiger partial charge in [-0.2, -0.15) is 0 Å². The molecule has 1 fully saturated rings. The Morgan fingerprint density at radius 1 is 1.32 bits per heavy atom. The standard InChI is InChI=1S/C22H29N5O/c1-4-16(2)25-22(27-12-11-26-10-9-23-20(26)15-27)17(3)19-14-24-21(28-19)13-18-7-5-6-8-18/h4,9-10,14,18H,3,5-8,11-13,15H2,1-2H3/b16-4-,25-22?. The topological polar surface area (TPSA) is 59.5 Å². The van der Waals surface area contributed by atoms with Crippen LogP contribution in [0.15, 0.2) is 46.4 Å². The highest BCUT2D eigenvalue weighted by molar-refractivity contribution is 6.21. The predicted octanol–water partition coefficient (Wildman–Crippen LogP) is 4.46. The molecule has 28 heavy (non-hydrogen) atoms. The van der Waals surface area contributed by atoms with Crippen LogP contribution in [0.3, 0.4) is 0 Å². The molecular weight excluding hydrogens is 350 g/mol. The fraction of sp³-hybridized carbons (Fsp3) is 0.500. The molecule has 6 heteroatoms. The Labute approximate surface area is 166 Å². The SMILES string of the molecule is C=C(C(=N/C(C)=C\C)N1CCn2ccnc2C1)c1cnc(CC2CCCC2)o1. The van der Waals surface area contributed by atoms with Crippen molar-refractivity contribution >= 4 is 11.4 Å². The van der Waals surface area contributed by atoms with Crippen LogP contribution in [0.25, 0.3) is 5.57 Å². The number of rotatable bonds is 5. The van der Waals surface area contributed by atoms with Crippen LogP contribution in [-0.2, 0) is 19.5 Å². The van der Waals surface area contributed by atoms with Gasteiger partial charge in [0.2, 0.25) is 0 Å². The first-order valence-corrected chi connectivity index (χ1v) is 10.2. The highest BCUT2D eigenvalue weighted by atomic mass is 16.4. The molecule has 0 unspecified atom stereocenters. The van der Waals surface area contributed by atoms with Crippen LogP contribution >= 0.6 is 0 Å². The lowest BCUT2D eigenvalue weighted by molar-refractivity contribution is 0.331. The molecule has 3 heterocycles. The van der Waals surface area contributed by atoms with Gasteiger partial charge in [0.15, 0.2) is 11.7 Å². The molecule has 2 aromatic heterocycles. The maximum absolute atomic E-state index is 6.09. The summed E-state index contributed by atoms with van der Waals surface area (Å²) >= 11 is 0. The molecule has 0 aromatic carbocycles. The summed E-state index contributed by atoms with van der Waals surface area (Å²) in [4.78, 5) is 16.1. The smallest absolute Gasteiger partial charge is 0.195 e. The molecule has 0 radical (unpaired) electrons. The molecule has 0 atom stereocenters. The number of nitrogens with zero attached hydrogens (tertiary/aromatic N) is 5. The third-order valence-corrected chi connectivity index (χ3v) is 5.80. The zero-order valence-corrected chi connectivity index (χ0v) is 16.9. The molecule has 1 aliphatic heterocycles. The third kappa shape index (κ3) is 3.96. The van der Waals surface area contributed by atoms with Crippen LogP contribution in [0, 0.1) is 5.92 Å². The lowest BCUT2D eigenvalue weighted by atomic mass is 10.0. The lowest BCUT2D eigenvalue weighted by Gasteiger charge is -2.31. The maximum atomic E-state index is 6.09. The van der Waals surface area contributed by atoms with Crippen LogP contribution in [0.1, 0.15) is 57.0 Å². The molecule has 148 valence electrons. The van der Waals surface area contributed by atoms with E-state index in [9.17, 15) is 0 Å². The maximum Gasteiger partial charge on any atom is 0.195 e. The minimum Gasteiger partial charge on any atom is -0.441 e. The number of allylic oxidation sites excluding steroid dienone is 2. The number of hydrogen-bond donors (Lipinski definition) is 0. The normalized spacial score (nSPS) is 18.6. The number of aliphatic imine (C=N–C) groups is 1. The molecule has 6 nitrogen and oxygen atoms in total. The van der Waals surface area contributed by atoms with Crippen molar-refractivity contribution in [3.8, 4) is 0 Å². The Morgan fingerprint density at radius 2 is 2.14 bits per heavy atom. The Kier molecular flexibility index (Phi) is 5.46. The number of aromatic nitrogens is 3. The predicted molar refractivity (Wildman–Crippen MR) is 111 cm³/mol. The number of hydrogen-bond acceptors (Lipinski definition) is 4. The Balaban J connectivity index is 1.56. The molecular formula is C22H29N5O. The first kappa shape index (κ1) is 18.7. The van der Waals surface area contributed by atoms with Gasteiger partial charge in [0.1, 0.15) is 11.7 Å². The van der Waals surface area contributed by atoms with Gasteiger partial charge in [-0.05, 0) is 32.6 Å². The van der Waals surface area contributed by atoms with Gasteiger partial charge in [-0.15, -0.1) is 0 Å². The Bertz CT molecular complexity index is 898. The van der Waals surface area contributed by atoms with Gasteiger partial charge < -0.3 is 13.9 Å². The highest BCUT2D eigenvalue weighted by Gasteiger charge is 2.25. The summed E-state index contributed by atoms with van der Waals surface area (Å²) in [6, 6.07) is 0. The van der Waals surface area contributed by atoms with E-state index in [4.69, 9.17) is 9.41 Å². The van der Waals surface area contributed by atoms with E-state index in [2.05, 4.69) is 26.0 Å². The van der Waals surface area contributed by atoms with Crippen molar-refractivity contribution in [3.05, 3.63) is 54.4 Å². The minimum atomic E-state index is 0.708. The van der Waals surface area contributed by atoms with Gasteiger partial charge in [-0.25, -0.2) is 15.0 Å². The van der Waals surface area contributed by atoms with Crippen molar-refractivity contribution in [1.29, 1.82) is 0 Å². The zero-order valence-electron chi connectivity index (χ0n) is 16.9. The molecule has 0 saturated heterocycles. The van der Waals surface area contributed by atoms with E-state index >= 15 is 0 Å². The number of fused-ring (bicyclic) bond motifs is 1. The van der Waals surface area contributed by atoms with Gasteiger partial charge in [-0.3, -0.25) is 0 Å². The van der Waals surface area contributed by atoms with Crippen molar-refractivity contribution in [2.24, 2.45) is 10.9 Å². The minimum absolute atomic E-state index is 0.708. The van der Waals surface area contributed by atoms with Gasteiger partial charge in [0, 0.05) is 37.6 Å². The van der Waals surface area contributed by atoms with Gasteiger partial charge in [0.25, 0.3) is 0 Å². The lowest BCUT2D eigenvalue weighted by Crippen LogP contribution is -2.38. The molecule has 1 saturated carbocycles. The van der Waals surface area contributed by atoms with E-state index in [0.717, 1.165) is 48.3 Å². The van der Waals surface area contributed by atoms with Crippen LogP contribution in [-0.4, -0.2) is 31.8 Å². The average Bonchev–Trinajstić information content (AvgIpc) is 3.46.